The monoisotopic (exact) mass is 388 g/mol. The molecular formula is C10H13N8O7P. The predicted molar refractivity (Wildman–Crippen MR) is 82.5 cm³/mol. The third kappa shape index (κ3) is 3.33. The van der Waals surface area contributed by atoms with Crippen LogP contribution in [0.2, 0.25) is 0 Å². The maximum absolute atomic E-state index is 10.8. The van der Waals surface area contributed by atoms with Crippen LogP contribution in [-0.4, -0.2) is 64.4 Å². The smallest absolute Gasteiger partial charge is 0.387 e. The molecule has 6 N–H and O–H groups in total. The summed E-state index contributed by atoms with van der Waals surface area (Å²) in [6.07, 6.45) is -4.63. The number of ether oxygens (including phenoxy) is 1. The zero-order valence-corrected chi connectivity index (χ0v) is 13.7. The Morgan fingerprint density at radius 3 is 2.81 bits per heavy atom. The van der Waals surface area contributed by atoms with E-state index in [0.29, 0.717) is 0 Å². The van der Waals surface area contributed by atoms with Crippen LogP contribution >= 0.6 is 7.82 Å². The maximum atomic E-state index is 10.8. The van der Waals surface area contributed by atoms with Crippen molar-refractivity contribution in [3.05, 3.63) is 16.8 Å². The molecule has 0 radical (unpaired) electrons. The van der Waals surface area contributed by atoms with Crippen molar-refractivity contribution in [2.75, 3.05) is 12.3 Å². The van der Waals surface area contributed by atoms with Gasteiger partial charge in [0.25, 0.3) is 0 Å². The van der Waals surface area contributed by atoms with Crippen molar-refractivity contribution < 1.29 is 33.8 Å². The maximum Gasteiger partial charge on any atom is 0.469 e. The molecular weight excluding hydrogens is 375 g/mol. The van der Waals surface area contributed by atoms with Gasteiger partial charge < -0.3 is 30.5 Å². The van der Waals surface area contributed by atoms with Crippen LogP contribution < -0.4 is 5.73 Å². The van der Waals surface area contributed by atoms with E-state index in [4.69, 9.17) is 25.8 Å². The molecule has 0 aliphatic carbocycles. The number of nitrogen functional groups attached to an aromatic ring is 1. The predicted octanol–water partition coefficient (Wildman–Crippen LogP) is -0.921. The summed E-state index contributed by atoms with van der Waals surface area (Å²) in [6, 6.07) is 0. The van der Waals surface area contributed by atoms with Crippen LogP contribution in [-0.2, 0) is 13.8 Å². The number of imidazole rings is 1. The van der Waals surface area contributed by atoms with Gasteiger partial charge in [-0.1, -0.05) is 0 Å². The number of aliphatic hydroxyl groups is 2. The van der Waals surface area contributed by atoms with Crippen molar-refractivity contribution in [3.63, 3.8) is 0 Å². The number of rotatable bonds is 5. The minimum atomic E-state index is -4.81. The Bertz CT molecular complexity index is 923. The number of phosphoric acid groups is 1. The number of aromatic nitrogens is 4. The van der Waals surface area contributed by atoms with Crippen LogP contribution in [0, 0.1) is 0 Å². The van der Waals surface area contributed by atoms with E-state index in [9.17, 15) is 14.8 Å². The van der Waals surface area contributed by atoms with E-state index in [1.54, 1.807) is 0 Å². The van der Waals surface area contributed by atoms with Gasteiger partial charge >= 0.3 is 7.82 Å². The molecule has 16 heteroatoms. The minimum absolute atomic E-state index is 0.0162. The van der Waals surface area contributed by atoms with Gasteiger partial charge in [0.15, 0.2) is 23.2 Å². The number of hydrogen-bond acceptors (Lipinski definition) is 10. The lowest BCUT2D eigenvalue weighted by Gasteiger charge is -2.18. The highest BCUT2D eigenvalue weighted by Gasteiger charge is 2.46. The number of nitrogens with two attached hydrogens (primary N) is 1. The van der Waals surface area contributed by atoms with Gasteiger partial charge in [0, 0.05) is 4.91 Å². The summed E-state index contributed by atoms with van der Waals surface area (Å²) >= 11 is 0. The molecule has 2 aromatic rings. The van der Waals surface area contributed by atoms with E-state index >= 15 is 0 Å². The Kier molecular flexibility index (Phi) is 4.79. The molecule has 1 aliphatic rings. The van der Waals surface area contributed by atoms with Crippen LogP contribution in [0.1, 0.15) is 6.23 Å². The Morgan fingerprint density at radius 2 is 2.15 bits per heavy atom. The van der Waals surface area contributed by atoms with Gasteiger partial charge in [-0.2, -0.15) is 0 Å². The molecule has 1 fully saturated rings. The molecule has 3 heterocycles. The third-order valence-corrected chi connectivity index (χ3v) is 4.10. The van der Waals surface area contributed by atoms with Gasteiger partial charge in [-0.05, 0) is 10.6 Å². The molecule has 0 bridgehead atoms. The van der Waals surface area contributed by atoms with E-state index in [1.165, 1.54) is 0 Å². The second-order valence-electron chi connectivity index (χ2n) is 5.23. The third-order valence-electron chi connectivity index (χ3n) is 3.62. The molecule has 3 rings (SSSR count). The van der Waals surface area contributed by atoms with E-state index in [1.807, 2.05) is 0 Å². The van der Waals surface area contributed by atoms with Crippen molar-refractivity contribution in [3.8, 4) is 0 Å². The Morgan fingerprint density at radius 1 is 1.42 bits per heavy atom. The average molecular weight is 388 g/mol. The second kappa shape index (κ2) is 6.75. The Hall–Kier alpha value is -2.35. The first-order chi connectivity index (χ1) is 12.2. The number of phosphoric ester groups is 1. The lowest BCUT2D eigenvalue weighted by Crippen LogP contribution is -2.33. The number of anilines is 1. The van der Waals surface area contributed by atoms with Crippen LogP contribution in [0.3, 0.4) is 0 Å². The summed E-state index contributed by atoms with van der Waals surface area (Å²) in [5.41, 5.74) is 14.5. The summed E-state index contributed by atoms with van der Waals surface area (Å²) in [5.74, 6) is -0.278. The number of aliphatic hydroxyl groups excluding tert-OH is 2. The van der Waals surface area contributed by atoms with E-state index in [0.717, 1.165) is 10.9 Å². The summed E-state index contributed by atoms with van der Waals surface area (Å²) in [5, 5.41) is 23.7. The highest BCUT2D eigenvalue weighted by atomic mass is 31.2. The molecule has 0 aromatic carbocycles. The van der Waals surface area contributed by atoms with E-state index < -0.39 is 39.0 Å². The lowest BCUT2D eigenvalue weighted by atomic mass is 10.1. The summed E-state index contributed by atoms with van der Waals surface area (Å²) in [7, 11) is -4.81. The highest BCUT2D eigenvalue weighted by Crippen LogP contribution is 2.40. The summed E-state index contributed by atoms with van der Waals surface area (Å²) in [4.78, 5) is 31.8. The van der Waals surface area contributed by atoms with E-state index in [2.05, 4.69) is 29.5 Å². The van der Waals surface area contributed by atoms with Gasteiger partial charge in [0.05, 0.1) is 6.61 Å². The number of hydrogen-bond donors (Lipinski definition) is 5. The van der Waals surface area contributed by atoms with Crippen LogP contribution in [0.25, 0.3) is 21.6 Å². The number of nitrogens with zero attached hydrogens (tertiary/aromatic N) is 7. The van der Waals surface area contributed by atoms with Gasteiger partial charge in [0.2, 0.25) is 5.95 Å². The fourth-order valence-corrected chi connectivity index (χ4v) is 2.85. The van der Waals surface area contributed by atoms with Crippen LogP contribution in [0.5, 0.6) is 0 Å². The summed E-state index contributed by atoms with van der Waals surface area (Å²) < 4.78 is 21.6. The molecule has 1 saturated heterocycles. The van der Waals surface area contributed by atoms with Crippen LogP contribution in [0.15, 0.2) is 11.4 Å². The molecule has 4 atom stereocenters. The molecule has 2 aromatic heterocycles. The van der Waals surface area contributed by atoms with Crippen molar-refractivity contribution in [1.82, 2.24) is 19.5 Å². The first-order valence-electron chi connectivity index (χ1n) is 6.98. The van der Waals surface area contributed by atoms with Crippen molar-refractivity contribution in [2.24, 2.45) is 5.11 Å². The molecule has 1 unspecified atom stereocenters. The first kappa shape index (κ1) is 18.4. The lowest BCUT2D eigenvalue weighted by molar-refractivity contribution is -0.0495. The Labute approximate surface area is 143 Å². The van der Waals surface area contributed by atoms with Crippen molar-refractivity contribution in [1.29, 1.82) is 0 Å². The number of azide groups is 1. The zero-order valence-electron chi connectivity index (χ0n) is 12.8. The SMILES string of the molecule is [N-]=[N+]=Nc1nc2c(N)ncnc2n1[C@@H]1OC(COP(=O)(O)O)[C@@H](O)[C@H]1O. The van der Waals surface area contributed by atoms with Gasteiger partial charge in [-0.15, -0.1) is 0 Å². The highest BCUT2D eigenvalue weighted by molar-refractivity contribution is 7.46. The van der Waals surface area contributed by atoms with E-state index in [-0.39, 0.29) is 22.9 Å². The number of fused-ring (bicyclic) bond motifs is 1. The van der Waals surface area contributed by atoms with Crippen molar-refractivity contribution in [2.45, 2.75) is 24.5 Å². The van der Waals surface area contributed by atoms with Gasteiger partial charge in [-0.25, -0.2) is 19.5 Å². The zero-order chi connectivity index (χ0) is 19.1. The largest absolute Gasteiger partial charge is 0.469 e. The molecule has 1 aliphatic heterocycles. The van der Waals surface area contributed by atoms with Gasteiger partial charge in [-0.3, -0.25) is 9.09 Å². The second-order valence-corrected chi connectivity index (χ2v) is 6.47. The molecule has 15 nitrogen and oxygen atoms in total. The minimum Gasteiger partial charge on any atom is -0.387 e. The molecule has 140 valence electrons. The van der Waals surface area contributed by atoms with Crippen LogP contribution in [0.4, 0.5) is 11.8 Å². The van der Waals surface area contributed by atoms with Crippen molar-refractivity contribution >= 4 is 30.8 Å². The summed E-state index contributed by atoms with van der Waals surface area (Å²) in [6.45, 7) is -0.695. The normalized spacial score (nSPS) is 26.2. The Balaban J connectivity index is 2.00. The quantitative estimate of drug-likeness (QED) is 0.182. The molecule has 0 amide bonds. The van der Waals surface area contributed by atoms with Gasteiger partial charge in [0.1, 0.15) is 24.6 Å². The fourth-order valence-electron chi connectivity index (χ4n) is 2.51. The fraction of sp³-hybridized carbons (Fsp3) is 0.500. The average Bonchev–Trinajstić information content (AvgIpc) is 3.05. The molecule has 26 heavy (non-hydrogen) atoms. The first-order valence-corrected chi connectivity index (χ1v) is 8.51. The molecule has 0 spiro atoms. The topological polar surface area (TPSA) is 235 Å². The standard InChI is InChI=1S/C10H13N8O7P/c11-7-4-8(14-2-13-7)18(10(15-4)16-17-12)9-6(20)5(19)3(25-9)1-24-26(21,22)23/h2-3,5-6,9,19-20H,1H2,(H2,11,13,14)(H2,21,22,23)/t3?,5-,6-,9-/m1/s1. The molecule has 0 saturated carbocycles.